The van der Waals surface area contributed by atoms with E-state index in [4.69, 9.17) is 17.0 Å². The number of nitrogens with one attached hydrogen (secondary N) is 2. The normalized spacial score (nSPS) is 17.3. The van der Waals surface area contributed by atoms with Crippen LogP contribution in [0.4, 0.5) is 11.4 Å². The number of hydrogen-bond acceptors (Lipinski definition) is 5. The first-order chi connectivity index (χ1) is 18.6. The molecule has 1 saturated heterocycles. The predicted molar refractivity (Wildman–Crippen MR) is 159 cm³/mol. The molecule has 1 fully saturated rings. The molecule has 39 heavy (non-hydrogen) atoms. The van der Waals surface area contributed by atoms with Crippen LogP contribution >= 0.6 is 12.2 Å². The van der Waals surface area contributed by atoms with E-state index in [0.29, 0.717) is 10.8 Å². The highest BCUT2D eigenvalue weighted by molar-refractivity contribution is 7.92. The Bertz CT molecular complexity index is 1630. The van der Waals surface area contributed by atoms with Crippen molar-refractivity contribution in [3.63, 3.8) is 0 Å². The number of rotatable bonds is 7. The van der Waals surface area contributed by atoms with Crippen molar-refractivity contribution in [2.75, 3.05) is 23.0 Å². The van der Waals surface area contributed by atoms with E-state index >= 15 is 0 Å². The lowest BCUT2D eigenvalue weighted by Crippen LogP contribution is -2.29. The molecule has 0 aliphatic carbocycles. The molecule has 10 heteroatoms. The summed E-state index contributed by atoms with van der Waals surface area (Å²) in [6, 6.07) is 21.3. The van der Waals surface area contributed by atoms with E-state index in [1.165, 1.54) is 0 Å². The molecule has 0 spiro atoms. The molecule has 2 atom stereocenters. The van der Waals surface area contributed by atoms with Crippen molar-refractivity contribution in [3.8, 4) is 11.4 Å². The van der Waals surface area contributed by atoms with Gasteiger partial charge in [0.25, 0.3) is 0 Å². The minimum Gasteiger partial charge on any atom is -0.497 e. The van der Waals surface area contributed by atoms with E-state index in [9.17, 15) is 8.42 Å². The van der Waals surface area contributed by atoms with Gasteiger partial charge in [-0.05, 0) is 105 Å². The standard InChI is InChI=1S/C29H31N5O3S2/c1-18-16-22(11-14-25(18)32-39(5,35)36)34-28(27(31-29(34)38)26-8-6-7-15-30-26)24-17-19(2)33(20(24)3)21-9-12-23(37-4)13-10-21/h6-17,27-28,32H,1-5H3,(H,31,38)/t27-,28+/m0/s1. The number of thiocarbonyl (C=S) groups is 1. The predicted octanol–water partition coefficient (Wildman–Crippen LogP) is 5.35. The summed E-state index contributed by atoms with van der Waals surface area (Å²) in [6.07, 6.45) is 2.93. The average Bonchev–Trinajstić information content (AvgIpc) is 3.40. The van der Waals surface area contributed by atoms with Gasteiger partial charge in [-0.25, -0.2) is 8.42 Å². The summed E-state index contributed by atoms with van der Waals surface area (Å²) in [6.45, 7) is 6.09. The Morgan fingerprint density at radius 1 is 1.00 bits per heavy atom. The summed E-state index contributed by atoms with van der Waals surface area (Å²) in [5.41, 5.74) is 7.41. The number of benzene rings is 2. The highest BCUT2D eigenvalue weighted by atomic mass is 32.2. The Balaban J connectivity index is 1.63. The smallest absolute Gasteiger partial charge is 0.229 e. The van der Waals surface area contributed by atoms with Crippen molar-refractivity contribution >= 4 is 38.7 Å². The maximum absolute atomic E-state index is 11.8. The van der Waals surface area contributed by atoms with Gasteiger partial charge in [0.15, 0.2) is 5.11 Å². The van der Waals surface area contributed by atoms with Crippen LogP contribution in [0.5, 0.6) is 5.75 Å². The summed E-state index contributed by atoms with van der Waals surface area (Å²) >= 11 is 5.90. The topological polar surface area (TPSA) is 88.5 Å². The lowest BCUT2D eigenvalue weighted by molar-refractivity contribution is 0.414. The minimum absolute atomic E-state index is 0.196. The molecule has 2 aromatic carbocycles. The van der Waals surface area contributed by atoms with Crippen molar-refractivity contribution < 1.29 is 13.2 Å². The first-order valence-corrected chi connectivity index (χ1v) is 14.8. The van der Waals surface area contributed by atoms with Gasteiger partial charge in [-0.3, -0.25) is 9.71 Å². The highest BCUT2D eigenvalue weighted by Gasteiger charge is 2.42. The zero-order chi connectivity index (χ0) is 27.9. The van der Waals surface area contributed by atoms with Crippen molar-refractivity contribution in [3.05, 3.63) is 101 Å². The maximum Gasteiger partial charge on any atom is 0.229 e. The number of aryl methyl sites for hydroxylation is 2. The molecule has 2 aromatic heterocycles. The molecule has 2 N–H and O–H groups in total. The average molecular weight is 562 g/mol. The third kappa shape index (κ3) is 5.22. The van der Waals surface area contributed by atoms with Gasteiger partial charge in [0.2, 0.25) is 10.0 Å². The third-order valence-electron chi connectivity index (χ3n) is 7.00. The van der Waals surface area contributed by atoms with Gasteiger partial charge in [0.05, 0.1) is 36.8 Å². The fraction of sp³-hybridized carbons (Fsp3) is 0.241. The summed E-state index contributed by atoms with van der Waals surface area (Å²) in [7, 11) is -1.74. The van der Waals surface area contributed by atoms with Crippen LogP contribution < -0.4 is 19.7 Å². The number of pyridine rings is 1. The molecular weight excluding hydrogens is 530 g/mol. The monoisotopic (exact) mass is 561 g/mol. The molecule has 5 rings (SSSR count). The number of hydrogen-bond donors (Lipinski definition) is 2. The van der Waals surface area contributed by atoms with Gasteiger partial charge in [-0.1, -0.05) is 6.07 Å². The highest BCUT2D eigenvalue weighted by Crippen LogP contribution is 2.44. The van der Waals surface area contributed by atoms with Crippen molar-refractivity contribution in [2.24, 2.45) is 0 Å². The van der Waals surface area contributed by atoms with Crippen molar-refractivity contribution in [1.82, 2.24) is 14.9 Å². The maximum atomic E-state index is 11.8. The van der Waals surface area contributed by atoms with E-state index < -0.39 is 10.0 Å². The van der Waals surface area contributed by atoms with Gasteiger partial charge in [0, 0.05) is 29.0 Å². The van der Waals surface area contributed by atoms with Crippen LogP contribution in [0.2, 0.25) is 0 Å². The molecule has 3 heterocycles. The molecule has 1 aliphatic rings. The Kier molecular flexibility index (Phi) is 7.09. The zero-order valence-electron chi connectivity index (χ0n) is 22.5. The molecule has 4 aromatic rings. The van der Waals surface area contributed by atoms with Gasteiger partial charge in [-0.15, -0.1) is 0 Å². The molecule has 8 nitrogen and oxygen atoms in total. The second-order valence-electron chi connectivity index (χ2n) is 9.73. The van der Waals surface area contributed by atoms with Crippen molar-refractivity contribution in [1.29, 1.82) is 0 Å². The van der Waals surface area contributed by atoms with Crippen LogP contribution in [0.15, 0.2) is 72.9 Å². The molecule has 0 unspecified atom stereocenters. The summed E-state index contributed by atoms with van der Waals surface area (Å²) in [4.78, 5) is 6.76. The van der Waals surface area contributed by atoms with Crippen LogP contribution in [-0.2, 0) is 10.0 Å². The number of ether oxygens (including phenoxy) is 1. The van der Waals surface area contributed by atoms with E-state index in [2.05, 4.69) is 44.4 Å². The first-order valence-electron chi connectivity index (χ1n) is 12.5. The second kappa shape index (κ2) is 10.3. The Labute approximate surface area is 234 Å². The number of sulfonamides is 1. The summed E-state index contributed by atoms with van der Waals surface area (Å²) in [5, 5.41) is 4.08. The van der Waals surface area contributed by atoms with E-state index in [-0.39, 0.29) is 12.1 Å². The number of aromatic nitrogens is 2. The van der Waals surface area contributed by atoms with Crippen LogP contribution in [0.25, 0.3) is 5.69 Å². The Morgan fingerprint density at radius 2 is 1.72 bits per heavy atom. The number of anilines is 2. The molecule has 0 amide bonds. The minimum atomic E-state index is -3.40. The molecule has 202 valence electrons. The third-order valence-corrected chi connectivity index (χ3v) is 7.91. The lowest BCUT2D eigenvalue weighted by atomic mass is 9.96. The van der Waals surface area contributed by atoms with Gasteiger partial charge >= 0.3 is 0 Å². The van der Waals surface area contributed by atoms with E-state index in [1.807, 2.05) is 61.5 Å². The number of methoxy groups -OCH3 is 1. The van der Waals surface area contributed by atoms with Crippen LogP contribution in [-0.4, -0.2) is 36.4 Å². The first kappa shape index (κ1) is 26.7. The quantitative estimate of drug-likeness (QED) is 0.294. The van der Waals surface area contributed by atoms with Gasteiger partial charge in [-0.2, -0.15) is 0 Å². The van der Waals surface area contributed by atoms with Gasteiger partial charge in [0.1, 0.15) is 5.75 Å². The van der Waals surface area contributed by atoms with Gasteiger partial charge < -0.3 is 19.5 Å². The molecule has 0 bridgehead atoms. The van der Waals surface area contributed by atoms with E-state index in [0.717, 1.165) is 51.6 Å². The summed E-state index contributed by atoms with van der Waals surface area (Å²) < 4.78 is 33.8. The lowest BCUT2D eigenvalue weighted by Gasteiger charge is -2.29. The molecule has 1 aliphatic heterocycles. The summed E-state index contributed by atoms with van der Waals surface area (Å²) in [5.74, 6) is 0.803. The number of nitrogens with zero attached hydrogens (tertiary/aromatic N) is 3. The van der Waals surface area contributed by atoms with Crippen LogP contribution in [0.1, 0.15) is 40.3 Å². The molecular formula is C29H31N5O3S2. The largest absolute Gasteiger partial charge is 0.497 e. The fourth-order valence-electron chi connectivity index (χ4n) is 5.28. The van der Waals surface area contributed by atoms with Crippen LogP contribution in [0.3, 0.4) is 0 Å². The Hall–Kier alpha value is -3.89. The van der Waals surface area contributed by atoms with Crippen LogP contribution in [0, 0.1) is 20.8 Å². The van der Waals surface area contributed by atoms with Crippen molar-refractivity contribution in [2.45, 2.75) is 32.9 Å². The Morgan fingerprint density at radius 3 is 2.33 bits per heavy atom. The van der Waals surface area contributed by atoms with E-state index in [1.54, 1.807) is 19.4 Å². The zero-order valence-corrected chi connectivity index (χ0v) is 24.1. The second-order valence-corrected chi connectivity index (χ2v) is 11.9. The SMILES string of the molecule is COc1ccc(-n2c(C)cc([C@@H]3[C@H](c4ccccn4)NC(=S)N3c3ccc(NS(C)(=O)=O)c(C)c3)c2C)cc1. The fourth-order valence-corrected chi connectivity index (χ4v) is 6.25. The molecule has 0 saturated carbocycles. The molecule has 0 radical (unpaired) electrons.